The maximum absolute atomic E-state index is 13.1. The van der Waals surface area contributed by atoms with Crippen molar-refractivity contribution in [2.45, 2.75) is 29.4 Å². The van der Waals surface area contributed by atoms with Crippen LogP contribution in [0.5, 0.6) is 0 Å². The average Bonchev–Trinajstić information content (AvgIpc) is 3.25. The van der Waals surface area contributed by atoms with E-state index in [-0.39, 0.29) is 6.42 Å². The van der Waals surface area contributed by atoms with Gasteiger partial charge in [-0.25, -0.2) is 0 Å². The summed E-state index contributed by atoms with van der Waals surface area (Å²) in [5, 5.41) is 11.2. The topological polar surface area (TPSA) is 139 Å². The minimum absolute atomic E-state index is 0.0254. The third kappa shape index (κ3) is 4.47. The molecule has 2 aliphatic carbocycles. The molecule has 1 aliphatic heterocycles. The van der Waals surface area contributed by atoms with Crippen LogP contribution in [0.1, 0.15) is 16.8 Å². The molecule has 3 aliphatic rings. The van der Waals surface area contributed by atoms with Gasteiger partial charge >= 0.3 is 237 Å². The Morgan fingerprint density at radius 1 is 1.18 bits per heavy atom. The van der Waals surface area contributed by atoms with Gasteiger partial charge in [0.1, 0.15) is 0 Å². The number of hydrogen-bond acceptors (Lipinski definition) is 8. The summed E-state index contributed by atoms with van der Waals surface area (Å²) >= 11 is 1.09. The second-order valence-electron chi connectivity index (χ2n) is 7.86. The molecule has 1 aromatic rings. The maximum atomic E-state index is 13.1. The molecule has 0 N–H and O–H groups in total. The van der Waals surface area contributed by atoms with Gasteiger partial charge in [-0.05, 0) is 0 Å². The van der Waals surface area contributed by atoms with Crippen LogP contribution in [-0.4, -0.2) is 129 Å². The Balaban J connectivity index is 1.71. The van der Waals surface area contributed by atoms with E-state index < -0.39 is 72.7 Å². The van der Waals surface area contributed by atoms with Gasteiger partial charge in [0.05, 0.1) is 0 Å². The normalized spacial score (nSPS) is 32.7. The predicted molar refractivity (Wildman–Crippen MR) is 107 cm³/mol. The van der Waals surface area contributed by atoms with Gasteiger partial charge in [0.2, 0.25) is 0 Å². The Bertz CT molecular complexity index is 1280. The first-order valence-electron chi connectivity index (χ1n) is 9.21. The molecule has 0 spiro atoms. The van der Waals surface area contributed by atoms with Gasteiger partial charge in [-0.2, -0.15) is 0 Å². The van der Waals surface area contributed by atoms with Crippen LogP contribution in [0.2, 0.25) is 0 Å². The molecule has 4 rings (SSSR count). The molecule has 0 radical (unpaired) electrons. The van der Waals surface area contributed by atoms with E-state index in [9.17, 15) is 39.9 Å². The fraction of sp³-hybridized carbons (Fsp3) is 0.500. The molecular formula is C16H10F3NO8S2Tl3-. The molecule has 9 nitrogen and oxygen atoms in total. The molecule has 33 heavy (non-hydrogen) atoms. The van der Waals surface area contributed by atoms with Crippen molar-refractivity contribution >= 4 is 119 Å². The zero-order valence-electron chi connectivity index (χ0n) is 16.2. The van der Waals surface area contributed by atoms with Gasteiger partial charge in [0.15, 0.2) is 0 Å². The molecule has 17 heteroatoms. The van der Waals surface area contributed by atoms with E-state index in [4.69, 9.17) is 8.92 Å². The number of carbonyl (C=O) groups is 1. The quantitative estimate of drug-likeness (QED) is 0.100. The molecule has 1 heterocycles. The van der Waals surface area contributed by atoms with Crippen molar-refractivity contribution in [1.29, 1.82) is 0 Å². The number of hydrogen-bond donors (Lipinski definition) is 0. The molecule has 3 fully saturated rings. The van der Waals surface area contributed by atoms with Crippen LogP contribution < -0.4 is 14.5 Å². The minimum atomic E-state index is -6.12. The summed E-state index contributed by atoms with van der Waals surface area (Å²) in [6.45, 7) is 0. The second kappa shape index (κ2) is 8.85. The van der Waals surface area contributed by atoms with E-state index >= 15 is 0 Å². The van der Waals surface area contributed by atoms with Crippen molar-refractivity contribution in [3.8, 4) is 0 Å². The van der Waals surface area contributed by atoms with E-state index in [0.29, 0.717) is 82.9 Å². The van der Waals surface area contributed by atoms with Crippen LogP contribution in [0.3, 0.4) is 0 Å². The number of ether oxygens (including phenoxy) is 1. The summed E-state index contributed by atoms with van der Waals surface area (Å²) in [5.74, 6) is -5.81. The van der Waals surface area contributed by atoms with Crippen LogP contribution in [-0.2, 0) is 29.1 Å². The number of rotatable bonds is 4. The van der Waals surface area contributed by atoms with Gasteiger partial charge in [0, 0.05) is 0 Å². The fourth-order valence-corrected chi connectivity index (χ4v) is 13.6. The number of esters is 1. The SMILES string of the molecule is O=C(OC1C2CC3C(OS(=O)(=O)C31)C2C([O-])=NS(=O)(=O)C(F)(F)F)c1[c]([Tl])cc[c]([Tl])[c]1[Tl]. The zero-order chi connectivity index (χ0) is 24.7. The van der Waals surface area contributed by atoms with Crippen molar-refractivity contribution in [2.75, 3.05) is 0 Å². The number of sulfonamides is 1. The van der Waals surface area contributed by atoms with E-state index in [0.717, 1.165) is 9.37 Å². The Kier molecular flexibility index (Phi) is 7.14. The first-order valence-corrected chi connectivity index (χ1v) is 18.9. The molecular weight excluding hydrogens is 1070 g/mol. The van der Waals surface area contributed by atoms with Crippen molar-refractivity contribution in [1.82, 2.24) is 0 Å². The van der Waals surface area contributed by atoms with Crippen LogP contribution in [0.15, 0.2) is 16.5 Å². The van der Waals surface area contributed by atoms with Crippen LogP contribution in [0.4, 0.5) is 13.2 Å². The fourth-order valence-electron chi connectivity index (χ4n) is 4.75. The summed E-state index contributed by atoms with van der Waals surface area (Å²) in [4.78, 5) is 13.1. The molecule has 0 amide bonds. The van der Waals surface area contributed by atoms with Gasteiger partial charge in [-0.1, -0.05) is 0 Å². The standard InChI is InChI=1S/C16H11F3NO8S2.3Tl/c17-16(18,19)30(25,26)20-14(21)10-8-6-9-11(10)28-29(23,24)13(9)12(8)27-15(22)7-4-2-1-3-5-7;;;/h1-2,8-13H,6H2,(H,20,21);;;/p-1. The van der Waals surface area contributed by atoms with Crippen LogP contribution in [0.25, 0.3) is 0 Å². The van der Waals surface area contributed by atoms with Gasteiger partial charge in [0.25, 0.3) is 0 Å². The number of benzene rings is 1. The zero-order valence-corrected chi connectivity index (χ0v) is 31.3. The number of nitrogens with zero attached hydrogens (tertiary/aromatic N) is 1. The Labute approximate surface area is 234 Å². The van der Waals surface area contributed by atoms with Gasteiger partial charge in [-0.15, -0.1) is 0 Å². The molecule has 6 unspecified atom stereocenters. The van der Waals surface area contributed by atoms with Crippen LogP contribution in [0, 0.1) is 17.8 Å². The summed E-state index contributed by atoms with van der Waals surface area (Å²) in [6.07, 6.45) is -2.66. The van der Waals surface area contributed by atoms with Crippen LogP contribution >= 0.6 is 0 Å². The number of alkyl halides is 3. The molecule has 2 saturated carbocycles. The predicted octanol–water partition coefficient (Wildman–Crippen LogP) is -3.44. The van der Waals surface area contributed by atoms with Gasteiger partial charge < -0.3 is 0 Å². The molecule has 2 bridgehead atoms. The second-order valence-corrected chi connectivity index (χ2v) is 18.3. The number of halogens is 3. The van der Waals surface area contributed by atoms with Crippen molar-refractivity contribution in [3.63, 3.8) is 0 Å². The Morgan fingerprint density at radius 2 is 1.79 bits per heavy atom. The van der Waals surface area contributed by atoms with E-state index in [1.807, 2.05) is 12.1 Å². The first kappa shape index (κ1) is 26.6. The van der Waals surface area contributed by atoms with Gasteiger partial charge in [-0.3, -0.25) is 0 Å². The molecule has 6 atom stereocenters. The van der Waals surface area contributed by atoms with E-state index in [1.54, 1.807) is 0 Å². The summed E-state index contributed by atoms with van der Waals surface area (Å²) in [6, 6.07) is 3.77. The number of carbonyl (C=O) groups excluding carboxylic acids is 1. The Hall–Kier alpha value is 0.576. The third-order valence-corrected chi connectivity index (χ3v) is 20.1. The van der Waals surface area contributed by atoms with Crippen molar-refractivity contribution in [2.24, 2.45) is 22.2 Å². The number of fused-ring (bicyclic) bond motifs is 1. The first-order chi connectivity index (χ1) is 15.1. The average molecular weight is 1080 g/mol. The van der Waals surface area contributed by atoms with Crippen molar-refractivity contribution in [3.05, 3.63) is 17.7 Å². The summed E-state index contributed by atoms with van der Waals surface area (Å²) < 4.78 is 102. The monoisotopic (exact) mass is 1080 g/mol. The molecule has 1 saturated heterocycles. The van der Waals surface area contributed by atoms with Crippen molar-refractivity contribution < 1.29 is 48.8 Å². The summed E-state index contributed by atoms with van der Waals surface area (Å²) in [7, 11) is -10.4. The summed E-state index contributed by atoms with van der Waals surface area (Å²) in [5.41, 5.74) is -5.38. The molecule has 170 valence electrons. The van der Waals surface area contributed by atoms with E-state index in [1.165, 1.54) is 0 Å². The molecule has 1 aromatic carbocycles. The third-order valence-electron chi connectivity index (χ3n) is 6.07. The van der Waals surface area contributed by atoms with E-state index in [2.05, 4.69) is 4.40 Å². The Morgan fingerprint density at radius 3 is 2.39 bits per heavy atom. The molecule has 0 aromatic heterocycles.